The van der Waals surface area contributed by atoms with Gasteiger partial charge in [0, 0.05) is 18.4 Å². The number of hydrogen-bond donors (Lipinski definition) is 0. The van der Waals surface area contributed by atoms with Crippen LogP contribution in [-0.4, -0.2) is 31.7 Å². The number of aryl methyl sites for hydroxylation is 1. The zero-order valence-corrected chi connectivity index (χ0v) is 15.9. The van der Waals surface area contributed by atoms with Crippen molar-refractivity contribution in [2.45, 2.75) is 32.2 Å². The minimum Gasteiger partial charge on any atom is -0.328 e. The highest BCUT2D eigenvalue weighted by molar-refractivity contribution is 7.18. The Hall–Kier alpha value is -2.73. The number of aromatic nitrogens is 3. The molecule has 4 heterocycles. The minimum atomic E-state index is 0.00190. The first-order valence-corrected chi connectivity index (χ1v) is 10.1. The molecule has 0 bridgehead atoms. The molecular formula is C21H20N4OS. The van der Waals surface area contributed by atoms with Crippen LogP contribution in [0.4, 0.5) is 0 Å². The van der Waals surface area contributed by atoms with Crippen molar-refractivity contribution in [1.29, 1.82) is 0 Å². The Labute approximate surface area is 161 Å². The molecule has 1 fully saturated rings. The van der Waals surface area contributed by atoms with Crippen LogP contribution in [0.1, 0.15) is 46.5 Å². The standard InChI is InChI=1S/C21H20N4OS/c1-14-7-6-11-19-22-16(13-25(14)19)21(26)24-12-5-4-9-17(24)20-23-15-8-2-3-10-18(15)27-20/h2-3,6-8,10-11,13,17H,4-5,9,12H2,1H3. The van der Waals surface area contributed by atoms with E-state index in [1.807, 2.05) is 58.8 Å². The van der Waals surface area contributed by atoms with E-state index in [2.05, 4.69) is 11.1 Å². The third-order valence-electron chi connectivity index (χ3n) is 5.27. The molecule has 0 saturated carbocycles. The quantitative estimate of drug-likeness (QED) is 0.513. The summed E-state index contributed by atoms with van der Waals surface area (Å²) in [5, 5.41) is 1.03. The Balaban J connectivity index is 1.52. The van der Waals surface area contributed by atoms with Crippen LogP contribution in [0.5, 0.6) is 0 Å². The zero-order valence-electron chi connectivity index (χ0n) is 15.1. The lowest BCUT2D eigenvalue weighted by Gasteiger charge is -2.34. The summed E-state index contributed by atoms with van der Waals surface area (Å²) < 4.78 is 3.15. The molecule has 0 aliphatic carbocycles. The molecule has 27 heavy (non-hydrogen) atoms. The van der Waals surface area contributed by atoms with E-state index in [9.17, 15) is 4.79 Å². The third kappa shape index (κ3) is 2.80. The van der Waals surface area contributed by atoms with Crippen LogP contribution in [0.2, 0.25) is 0 Å². The second kappa shape index (κ2) is 6.46. The Morgan fingerprint density at radius 1 is 1.11 bits per heavy atom. The van der Waals surface area contributed by atoms with Crippen LogP contribution in [0.3, 0.4) is 0 Å². The second-order valence-electron chi connectivity index (χ2n) is 7.05. The van der Waals surface area contributed by atoms with Crippen LogP contribution in [0, 0.1) is 6.92 Å². The number of hydrogen-bond acceptors (Lipinski definition) is 4. The van der Waals surface area contributed by atoms with E-state index in [4.69, 9.17) is 4.98 Å². The van der Waals surface area contributed by atoms with Gasteiger partial charge in [0.05, 0.1) is 16.3 Å². The van der Waals surface area contributed by atoms with Gasteiger partial charge in [0.1, 0.15) is 16.3 Å². The molecule has 136 valence electrons. The van der Waals surface area contributed by atoms with E-state index in [-0.39, 0.29) is 11.9 Å². The van der Waals surface area contributed by atoms with Gasteiger partial charge in [0.25, 0.3) is 5.91 Å². The average Bonchev–Trinajstić information content (AvgIpc) is 3.32. The number of pyridine rings is 1. The molecule has 5 rings (SSSR count). The maximum Gasteiger partial charge on any atom is 0.274 e. The highest BCUT2D eigenvalue weighted by Crippen LogP contribution is 2.36. The minimum absolute atomic E-state index is 0.00190. The van der Waals surface area contributed by atoms with Crippen molar-refractivity contribution in [2.75, 3.05) is 6.54 Å². The largest absolute Gasteiger partial charge is 0.328 e. The zero-order chi connectivity index (χ0) is 18.4. The topological polar surface area (TPSA) is 50.5 Å². The molecular weight excluding hydrogens is 356 g/mol. The number of piperidine rings is 1. The predicted octanol–water partition coefficient (Wildman–Crippen LogP) is 4.62. The SMILES string of the molecule is Cc1cccc2nc(C(=O)N3CCCCC3c3nc4ccccc4s3)cn12. The van der Waals surface area contributed by atoms with Crippen molar-refractivity contribution in [2.24, 2.45) is 0 Å². The molecule has 0 N–H and O–H groups in total. The number of rotatable bonds is 2. The Kier molecular flexibility index (Phi) is 3.93. The van der Waals surface area contributed by atoms with E-state index in [0.29, 0.717) is 5.69 Å². The molecule has 6 heteroatoms. The van der Waals surface area contributed by atoms with E-state index >= 15 is 0 Å². The summed E-state index contributed by atoms with van der Waals surface area (Å²) in [7, 11) is 0. The number of nitrogens with zero attached hydrogens (tertiary/aromatic N) is 4. The number of para-hydroxylation sites is 1. The molecule has 1 amide bonds. The monoisotopic (exact) mass is 376 g/mol. The van der Waals surface area contributed by atoms with Gasteiger partial charge in [0.2, 0.25) is 0 Å². The molecule has 5 nitrogen and oxygen atoms in total. The number of carbonyl (C=O) groups excluding carboxylic acids is 1. The average molecular weight is 376 g/mol. The van der Waals surface area contributed by atoms with E-state index in [0.717, 1.165) is 47.7 Å². The van der Waals surface area contributed by atoms with Crippen molar-refractivity contribution < 1.29 is 4.79 Å². The highest BCUT2D eigenvalue weighted by atomic mass is 32.1. The maximum atomic E-state index is 13.3. The van der Waals surface area contributed by atoms with Gasteiger partial charge < -0.3 is 9.30 Å². The normalized spacial score (nSPS) is 17.7. The van der Waals surface area contributed by atoms with Gasteiger partial charge in [-0.1, -0.05) is 18.2 Å². The van der Waals surface area contributed by atoms with Gasteiger partial charge in [-0.3, -0.25) is 4.79 Å². The molecule has 0 radical (unpaired) electrons. The molecule has 1 aliphatic heterocycles. The Bertz CT molecular complexity index is 1110. The second-order valence-corrected chi connectivity index (χ2v) is 8.11. The number of carbonyl (C=O) groups is 1. The van der Waals surface area contributed by atoms with Crippen LogP contribution >= 0.6 is 11.3 Å². The van der Waals surface area contributed by atoms with Crippen LogP contribution in [0.15, 0.2) is 48.7 Å². The number of fused-ring (bicyclic) bond motifs is 2. The summed E-state index contributed by atoms with van der Waals surface area (Å²) in [6, 6.07) is 14.1. The summed E-state index contributed by atoms with van der Waals surface area (Å²) in [6.07, 6.45) is 4.96. The highest BCUT2D eigenvalue weighted by Gasteiger charge is 2.32. The molecule has 1 aromatic carbocycles. The van der Waals surface area contributed by atoms with Crippen molar-refractivity contribution in [3.63, 3.8) is 0 Å². The molecule has 4 aromatic rings. The molecule has 1 atom stereocenters. The first-order chi connectivity index (χ1) is 13.2. The fraction of sp³-hybridized carbons (Fsp3) is 0.286. The summed E-state index contributed by atoms with van der Waals surface area (Å²) >= 11 is 1.70. The van der Waals surface area contributed by atoms with Gasteiger partial charge in [-0.15, -0.1) is 11.3 Å². The third-order valence-corrected chi connectivity index (χ3v) is 6.41. The lowest BCUT2D eigenvalue weighted by Crippen LogP contribution is -2.38. The fourth-order valence-corrected chi connectivity index (χ4v) is 4.98. The Morgan fingerprint density at radius 2 is 2.00 bits per heavy atom. The van der Waals surface area contributed by atoms with Crippen molar-refractivity contribution in [1.82, 2.24) is 19.3 Å². The van der Waals surface area contributed by atoms with Crippen LogP contribution in [0.25, 0.3) is 15.9 Å². The fourth-order valence-electron chi connectivity index (χ4n) is 3.86. The van der Waals surface area contributed by atoms with Crippen molar-refractivity contribution in [3.05, 3.63) is 65.1 Å². The van der Waals surface area contributed by atoms with Gasteiger partial charge in [-0.05, 0) is 50.5 Å². The summed E-state index contributed by atoms with van der Waals surface area (Å²) in [6.45, 7) is 2.78. The molecule has 0 spiro atoms. The molecule has 1 unspecified atom stereocenters. The van der Waals surface area contributed by atoms with Gasteiger partial charge >= 0.3 is 0 Å². The first kappa shape index (κ1) is 16.4. The number of thiazole rings is 1. The predicted molar refractivity (Wildman–Crippen MR) is 107 cm³/mol. The first-order valence-electron chi connectivity index (χ1n) is 9.32. The Morgan fingerprint density at radius 3 is 2.85 bits per heavy atom. The van der Waals surface area contributed by atoms with Crippen molar-refractivity contribution in [3.8, 4) is 0 Å². The van der Waals surface area contributed by atoms with Crippen LogP contribution in [-0.2, 0) is 0 Å². The number of amides is 1. The van der Waals surface area contributed by atoms with E-state index < -0.39 is 0 Å². The number of imidazole rings is 1. The van der Waals surface area contributed by atoms with E-state index in [1.165, 1.54) is 4.70 Å². The summed E-state index contributed by atoms with van der Waals surface area (Å²) in [5.74, 6) is 0.00190. The van der Waals surface area contributed by atoms with Gasteiger partial charge in [0.15, 0.2) is 0 Å². The number of likely N-dealkylation sites (tertiary alicyclic amines) is 1. The lowest BCUT2D eigenvalue weighted by atomic mass is 10.0. The number of benzene rings is 1. The smallest absolute Gasteiger partial charge is 0.274 e. The molecule has 1 saturated heterocycles. The van der Waals surface area contributed by atoms with Crippen LogP contribution < -0.4 is 0 Å². The van der Waals surface area contributed by atoms with E-state index in [1.54, 1.807) is 11.3 Å². The molecule has 3 aromatic heterocycles. The summed E-state index contributed by atoms with van der Waals surface area (Å²) in [5.41, 5.74) is 3.41. The summed E-state index contributed by atoms with van der Waals surface area (Å²) in [4.78, 5) is 24.7. The van der Waals surface area contributed by atoms with Gasteiger partial charge in [-0.2, -0.15) is 0 Å². The lowest BCUT2D eigenvalue weighted by molar-refractivity contribution is 0.0606. The van der Waals surface area contributed by atoms with Crippen molar-refractivity contribution >= 4 is 33.1 Å². The van der Waals surface area contributed by atoms with Gasteiger partial charge in [-0.25, -0.2) is 9.97 Å². The molecule has 1 aliphatic rings. The maximum absolute atomic E-state index is 13.3.